The molecule has 0 fully saturated rings. The highest BCUT2D eigenvalue weighted by molar-refractivity contribution is 7.87. The monoisotopic (exact) mass is 315 g/mol. The molecule has 1 aromatic heterocycles. The lowest BCUT2D eigenvalue weighted by Gasteiger charge is -2.11. The van der Waals surface area contributed by atoms with Crippen molar-refractivity contribution in [1.82, 2.24) is 4.73 Å². The second-order valence-electron chi connectivity index (χ2n) is 4.87. The van der Waals surface area contributed by atoms with Gasteiger partial charge in [-0.15, -0.1) is 4.73 Å². The fourth-order valence-electron chi connectivity index (χ4n) is 2.08. The minimum absolute atomic E-state index is 0.00191. The minimum Gasteiger partial charge on any atom is -0.280 e. The van der Waals surface area contributed by atoms with Crippen LogP contribution in [0.15, 0.2) is 70.4 Å². The molecule has 3 rings (SSSR count). The summed E-state index contributed by atoms with van der Waals surface area (Å²) in [7, 11) is -4.08. The molecule has 2 aromatic carbocycles. The molecule has 0 N–H and O–H groups in total. The minimum atomic E-state index is -4.08. The van der Waals surface area contributed by atoms with Crippen molar-refractivity contribution in [2.75, 3.05) is 0 Å². The van der Waals surface area contributed by atoms with Gasteiger partial charge >= 0.3 is 10.1 Å². The SMILES string of the molecule is Cc1ccc(S(=O)(=O)On2c(=O)ccc3ccccc32)cc1. The molecule has 0 atom stereocenters. The van der Waals surface area contributed by atoms with E-state index in [1.165, 1.54) is 18.2 Å². The van der Waals surface area contributed by atoms with E-state index in [-0.39, 0.29) is 4.90 Å². The molecule has 0 amide bonds. The second-order valence-corrected chi connectivity index (χ2v) is 6.40. The van der Waals surface area contributed by atoms with Crippen LogP contribution in [0.25, 0.3) is 10.9 Å². The number of benzene rings is 2. The molecule has 6 heteroatoms. The molecule has 5 nitrogen and oxygen atoms in total. The third-order valence-electron chi connectivity index (χ3n) is 3.24. The van der Waals surface area contributed by atoms with Crippen molar-refractivity contribution in [3.05, 3.63) is 76.6 Å². The molecular formula is C16H13NO4S. The maximum atomic E-state index is 12.3. The number of nitrogens with zero attached hydrogens (tertiary/aromatic N) is 1. The van der Waals surface area contributed by atoms with Gasteiger partial charge < -0.3 is 0 Å². The van der Waals surface area contributed by atoms with Gasteiger partial charge in [-0.2, -0.15) is 8.42 Å². The average molecular weight is 315 g/mol. The number of aryl methyl sites for hydroxylation is 1. The van der Waals surface area contributed by atoms with Gasteiger partial charge in [0, 0.05) is 11.5 Å². The number of fused-ring (bicyclic) bond motifs is 1. The van der Waals surface area contributed by atoms with Crippen LogP contribution in [0.2, 0.25) is 0 Å². The van der Waals surface area contributed by atoms with E-state index >= 15 is 0 Å². The first-order valence-corrected chi connectivity index (χ1v) is 8.01. The molecule has 3 aromatic rings. The first-order chi connectivity index (χ1) is 10.5. The second kappa shape index (κ2) is 5.31. The Labute approximate surface area is 127 Å². The smallest absolute Gasteiger partial charge is 0.280 e. The fourth-order valence-corrected chi connectivity index (χ4v) is 2.99. The molecule has 0 radical (unpaired) electrons. The van der Waals surface area contributed by atoms with Crippen molar-refractivity contribution in [1.29, 1.82) is 0 Å². The lowest BCUT2D eigenvalue weighted by Crippen LogP contribution is -2.30. The molecule has 0 aliphatic heterocycles. The molecule has 0 aliphatic carbocycles. The van der Waals surface area contributed by atoms with Gasteiger partial charge in [-0.05, 0) is 31.2 Å². The van der Waals surface area contributed by atoms with Crippen LogP contribution in [0.1, 0.15) is 5.56 Å². The van der Waals surface area contributed by atoms with Gasteiger partial charge in [0.2, 0.25) is 0 Å². The highest BCUT2D eigenvalue weighted by atomic mass is 32.2. The summed E-state index contributed by atoms with van der Waals surface area (Å²) in [5.74, 6) is 0. The number of para-hydroxylation sites is 1. The third-order valence-corrected chi connectivity index (χ3v) is 4.44. The predicted octanol–water partition coefficient (Wildman–Crippen LogP) is 2.13. The van der Waals surface area contributed by atoms with Crippen LogP contribution in [0.5, 0.6) is 0 Å². The van der Waals surface area contributed by atoms with Crippen LogP contribution in [-0.2, 0) is 10.1 Å². The molecule has 22 heavy (non-hydrogen) atoms. The van der Waals surface area contributed by atoms with Crippen molar-refractivity contribution >= 4 is 21.0 Å². The van der Waals surface area contributed by atoms with E-state index in [1.807, 2.05) is 6.92 Å². The Bertz CT molecular complexity index is 989. The number of aromatic nitrogens is 1. The largest absolute Gasteiger partial charge is 0.357 e. The summed E-state index contributed by atoms with van der Waals surface area (Å²) in [6.07, 6.45) is 0. The number of hydrogen-bond donors (Lipinski definition) is 0. The quantitative estimate of drug-likeness (QED) is 0.742. The van der Waals surface area contributed by atoms with Crippen LogP contribution in [0.3, 0.4) is 0 Å². The van der Waals surface area contributed by atoms with Gasteiger partial charge in [0.1, 0.15) is 4.90 Å². The first-order valence-electron chi connectivity index (χ1n) is 6.60. The van der Waals surface area contributed by atoms with Gasteiger partial charge in [-0.25, -0.2) is 0 Å². The molecular weight excluding hydrogens is 302 g/mol. The fraction of sp³-hybridized carbons (Fsp3) is 0.0625. The molecule has 0 spiro atoms. The molecule has 0 unspecified atom stereocenters. The van der Waals surface area contributed by atoms with Crippen molar-refractivity contribution < 1.29 is 12.7 Å². The first kappa shape index (κ1) is 14.3. The molecule has 0 saturated heterocycles. The number of pyridine rings is 1. The Morgan fingerprint density at radius 3 is 2.32 bits per heavy atom. The van der Waals surface area contributed by atoms with E-state index in [0.717, 1.165) is 10.3 Å². The highest BCUT2D eigenvalue weighted by Crippen LogP contribution is 2.14. The van der Waals surface area contributed by atoms with Crippen molar-refractivity contribution in [2.24, 2.45) is 0 Å². The van der Waals surface area contributed by atoms with Crippen LogP contribution in [-0.4, -0.2) is 13.1 Å². The van der Waals surface area contributed by atoms with Gasteiger partial charge in [0.05, 0.1) is 5.52 Å². The molecule has 112 valence electrons. The standard InChI is InChI=1S/C16H13NO4S/c1-12-6-9-14(10-7-12)22(19,20)21-17-15-5-3-2-4-13(15)8-11-16(17)18/h2-11H,1H3. The van der Waals surface area contributed by atoms with Crippen molar-refractivity contribution in [2.45, 2.75) is 11.8 Å². The van der Waals surface area contributed by atoms with Gasteiger partial charge in [0.25, 0.3) is 5.56 Å². The highest BCUT2D eigenvalue weighted by Gasteiger charge is 2.18. The number of hydrogen-bond acceptors (Lipinski definition) is 4. The van der Waals surface area contributed by atoms with E-state index in [9.17, 15) is 13.2 Å². The molecule has 0 aliphatic rings. The zero-order chi connectivity index (χ0) is 15.7. The topological polar surface area (TPSA) is 65.4 Å². The van der Waals surface area contributed by atoms with E-state index in [0.29, 0.717) is 10.9 Å². The average Bonchev–Trinajstić information content (AvgIpc) is 2.50. The van der Waals surface area contributed by atoms with Crippen LogP contribution < -0.4 is 9.84 Å². The number of rotatable bonds is 3. The predicted molar refractivity (Wildman–Crippen MR) is 83.2 cm³/mol. The summed E-state index contributed by atoms with van der Waals surface area (Å²) in [4.78, 5) is 12.0. The summed E-state index contributed by atoms with van der Waals surface area (Å²) in [5, 5.41) is 0.709. The maximum Gasteiger partial charge on any atom is 0.357 e. The van der Waals surface area contributed by atoms with Gasteiger partial charge in [0.15, 0.2) is 0 Å². The van der Waals surface area contributed by atoms with Gasteiger partial charge in [-0.3, -0.25) is 9.08 Å². The Hall–Kier alpha value is -2.60. The normalized spacial score (nSPS) is 11.5. The Morgan fingerprint density at radius 1 is 0.909 bits per heavy atom. The third kappa shape index (κ3) is 2.60. The van der Waals surface area contributed by atoms with Crippen molar-refractivity contribution in [3.63, 3.8) is 0 Å². The Kier molecular flexibility index (Phi) is 3.46. The van der Waals surface area contributed by atoms with E-state index < -0.39 is 15.7 Å². The summed E-state index contributed by atoms with van der Waals surface area (Å²) < 4.78 is 30.5. The Morgan fingerprint density at radius 2 is 1.59 bits per heavy atom. The van der Waals surface area contributed by atoms with E-state index in [2.05, 4.69) is 0 Å². The lowest BCUT2D eigenvalue weighted by atomic mass is 10.2. The summed E-state index contributed by atoms with van der Waals surface area (Å²) in [6, 6.07) is 16.0. The molecule has 0 bridgehead atoms. The van der Waals surface area contributed by atoms with Crippen LogP contribution >= 0.6 is 0 Å². The van der Waals surface area contributed by atoms with E-state index in [4.69, 9.17) is 4.28 Å². The Balaban J connectivity index is 2.11. The molecule has 0 saturated carbocycles. The summed E-state index contributed by atoms with van der Waals surface area (Å²) in [6.45, 7) is 1.85. The zero-order valence-corrected chi connectivity index (χ0v) is 12.6. The van der Waals surface area contributed by atoms with E-state index in [1.54, 1.807) is 42.5 Å². The summed E-state index contributed by atoms with van der Waals surface area (Å²) in [5.41, 5.74) is 0.779. The molecule has 1 heterocycles. The van der Waals surface area contributed by atoms with Crippen LogP contribution in [0, 0.1) is 6.92 Å². The van der Waals surface area contributed by atoms with Crippen LogP contribution in [0.4, 0.5) is 0 Å². The van der Waals surface area contributed by atoms with Gasteiger partial charge in [-0.1, -0.05) is 35.9 Å². The zero-order valence-electron chi connectivity index (χ0n) is 11.8. The van der Waals surface area contributed by atoms with Crippen molar-refractivity contribution in [3.8, 4) is 0 Å². The lowest BCUT2D eigenvalue weighted by molar-refractivity contribution is 0.281. The maximum absolute atomic E-state index is 12.3. The summed E-state index contributed by atoms with van der Waals surface area (Å²) >= 11 is 0.